The number of benzene rings is 1. The Bertz CT molecular complexity index is 410. The number of carbonyl (C=O) groups excluding carboxylic acids is 1. The minimum absolute atomic E-state index is 0.288. The van der Waals surface area contributed by atoms with Gasteiger partial charge in [0, 0.05) is 17.1 Å². The molecule has 0 radical (unpaired) electrons. The molecule has 0 atom stereocenters. The van der Waals surface area contributed by atoms with Crippen molar-refractivity contribution in [2.24, 2.45) is 0 Å². The number of nitrogens with zero attached hydrogens (tertiary/aromatic N) is 1. The van der Waals surface area contributed by atoms with Crippen molar-refractivity contribution in [1.82, 2.24) is 0 Å². The van der Waals surface area contributed by atoms with Crippen LogP contribution in [0.2, 0.25) is 0 Å². The first kappa shape index (κ1) is 11.2. The van der Waals surface area contributed by atoms with Crippen LogP contribution in [0.1, 0.15) is 10.4 Å². The van der Waals surface area contributed by atoms with Gasteiger partial charge in [-0.1, -0.05) is 0 Å². The molecule has 0 aliphatic rings. The Morgan fingerprint density at radius 1 is 1.27 bits per heavy atom. The molecule has 15 heavy (non-hydrogen) atoms. The molecule has 0 unspecified atom stereocenters. The summed E-state index contributed by atoms with van der Waals surface area (Å²) in [5.74, 6) is -5.42. The molecular formula is C8H4F3NO3. The molecule has 0 aromatic heterocycles. The summed E-state index contributed by atoms with van der Waals surface area (Å²) in [6.45, 7) is -1.24. The third kappa shape index (κ3) is 2.52. The Morgan fingerprint density at radius 2 is 1.73 bits per heavy atom. The van der Waals surface area contributed by atoms with Crippen molar-refractivity contribution in [2.75, 3.05) is 6.54 Å². The number of hydrogen-bond donors (Lipinski definition) is 0. The molecule has 0 spiro atoms. The van der Waals surface area contributed by atoms with Crippen LogP contribution in [0.25, 0.3) is 0 Å². The maximum absolute atomic E-state index is 12.9. The van der Waals surface area contributed by atoms with Gasteiger partial charge in [0.2, 0.25) is 5.78 Å². The van der Waals surface area contributed by atoms with Crippen LogP contribution in [-0.4, -0.2) is 17.3 Å². The number of rotatable bonds is 3. The molecule has 1 aromatic rings. The topological polar surface area (TPSA) is 60.2 Å². The first-order valence-electron chi connectivity index (χ1n) is 3.71. The normalized spacial score (nSPS) is 10.1. The van der Waals surface area contributed by atoms with Crippen molar-refractivity contribution >= 4 is 5.78 Å². The Hall–Kier alpha value is -1.92. The average Bonchev–Trinajstić information content (AvgIpc) is 1.99. The van der Waals surface area contributed by atoms with Crippen molar-refractivity contribution in [1.29, 1.82) is 0 Å². The molecule has 0 fully saturated rings. The van der Waals surface area contributed by atoms with Gasteiger partial charge in [0.15, 0.2) is 0 Å². The average molecular weight is 219 g/mol. The van der Waals surface area contributed by atoms with Gasteiger partial charge in [-0.25, -0.2) is 13.2 Å². The van der Waals surface area contributed by atoms with E-state index >= 15 is 0 Å². The molecule has 0 bridgehead atoms. The van der Waals surface area contributed by atoms with E-state index in [2.05, 4.69) is 0 Å². The third-order valence-electron chi connectivity index (χ3n) is 1.56. The molecule has 0 aliphatic carbocycles. The zero-order chi connectivity index (χ0) is 11.6. The lowest BCUT2D eigenvalue weighted by atomic mass is 10.1. The minimum Gasteiger partial charge on any atom is -0.287 e. The summed E-state index contributed by atoms with van der Waals surface area (Å²) in [6, 6.07) is 0.576. The molecule has 0 saturated carbocycles. The number of Topliss-reactive ketones (excluding diaryl/α,β-unsaturated/α-hetero) is 1. The van der Waals surface area contributed by atoms with Crippen LogP contribution in [0, 0.1) is 27.6 Å². The van der Waals surface area contributed by atoms with Gasteiger partial charge in [-0.3, -0.25) is 14.9 Å². The van der Waals surface area contributed by atoms with Gasteiger partial charge in [0.1, 0.15) is 17.5 Å². The predicted molar refractivity (Wildman–Crippen MR) is 42.5 cm³/mol. The molecule has 4 nitrogen and oxygen atoms in total. The van der Waals surface area contributed by atoms with Crippen LogP contribution in [0.4, 0.5) is 13.2 Å². The van der Waals surface area contributed by atoms with E-state index in [1.54, 1.807) is 0 Å². The van der Waals surface area contributed by atoms with E-state index in [0.29, 0.717) is 0 Å². The Labute approximate surface area is 81.5 Å². The van der Waals surface area contributed by atoms with Crippen LogP contribution in [0.3, 0.4) is 0 Å². The zero-order valence-electron chi connectivity index (χ0n) is 7.17. The first-order valence-corrected chi connectivity index (χ1v) is 3.71. The number of halogens is 3. The largest absolute Gasteiger partial charge is 0.287 e. The van der Waals surface area contributed by atoms with Crippen molar-refractivity contribution < 1.29 is 22.9 Å². The van der Waals surface area contributed by atoms with E-state index in [0.717, 1.165) is 0 Å². The van der Waals surface area contributed by atoms with Gasteiger partial charge in [0.05, 0.1) is 5.56 Å². The van der Waals surface area contributed by atoms with E-state index in [4.69, 9.17) is 0 Å². The van der Waals surface area contributed by atoms with E-state index < -0.39 is 40.3 Å². The van der Waals surface area contributed by atoms with E-state index in [-0.39, 0.29) is 12.1 Å². The minimum atomic E-state index is -1.45. The van der Waals surface area contributed by atoms with Crippen LogP contribution in [0.5, 0.6) is 0 Å². The van der Waals surface area contributed by atoms with Gasteiger partial charge in [0.25, 0.3) is 6.54 Å². The lowest BCUT2D eigenvalue weighted by molar-refractivity contribution is -0.465. The predicted octanol–water partition coefficient (Wildman–Crippen LogP) is 1.56. The highest BCUT2D eigenvalue weighted by Gasteiger charge is 2.22. The summed E-state index contributed by atoms with van der Waals surface area (Å²) in [5, 5.41) is 9.94. The smallest absolute Gasteiger partial charge is 0.266 e. The second kappa shape index (κ2) is 4.07. The molecule has 0 heterocycles. The van der Waals surface area contributed by atoms with Gasteiger partial charge >= 0.3 is 0 Å². The summed E-state index contributed by atoms with van der Waals surface area (Å²) in [5.41, 5.74) is -1.09. The fourth-order valence-electron chi connectivity index (χ4n) is 1.00. The van der Waals surface area contributed by atoms with Crippen LogP contribution < -0.4 is 0 Å². The lowest BCUT2D eigenvalue weighted by Gasteiger charge is -2.01. The van der Waals surface area contributed by atoms with E-state index in [1.807, 2.05) is 0 Å². The molecule has 1 rings (SSSR count). The number of carbonyl (C=O) groups is 1. The summed E-state index contributed by atoms with van der Waals surface area (Å²) >= 11 is 0. The molecule has 80 valence electrons. The van der Waals surface area contributed by atoms with E-state index in [1.165, 1.54) is 0 Å². The maximum Gasteiger partial charge on any atom is 0.266 e. The van der Waals surface area contributed by atoms with Crippen molar-refractivity contribution in [2.45, 2.75) is 0 Å². The molecule has 1 aromatic carbocycles. The van der Waals surface area contributed by atoms with Crippen LogP contribution in [-0.2, 0) is 0 Å². The fourth-order valence-corrected chi connectivity index (χ4v) is 1.00. The standard InChI is InChI=1S/C8H4F3NO3/c9-4-1-5(10)8(6(11)2-4)7(13)3-12(14)15/h1-2H,3H2. The van der Waals surface area contributed by atoms with Gasteiger partial charge in [-0.15, -0.1) is 0 Å². The molecule has 0 N–H and O–H groups in total. The van der Waals surface area contributed by atoms with Crippen molar-refractivity contribution in [3.63, 3.8) is 0 Å². The molecule has 7 heteroatoms. The zero-order valence-corrected chi connectivity index (χ0v) is 7.17. The second-order valence-electron chi connectivity index (χ2n) is 2.66. The van der Waals surface area contributed by atoms with Gasteiger partial charge < -0.3 is 0 Å². The number of ketones is 1. The second-order valence-corrected chi connectivity index (χ2v) is 2.66. The Kier molecular flexibility index (Phi) is 3.03. The summed E-state index contributed by atoms with van der Waals surface area (Å²) in [7, 11) is 0. The third-order valence-corrected chi connectivity index (χ3v) is 1.56. The first-order chi connectivity index (χ1) is 6.91. The summed E-state index contributed by atoms with van der Waals surface area (Å²) in [4.78, 5) is 19.9. The van der Waals surface area contributed by atoms with Crippen molar-refractivity contribution in [3.05, 3.63) is 45.3 Å². The Balaban J connectivity index is 3.14. The van der Waals surface area contributed by atoms with Gasteiger partial charge in [-0.05, 0) is 0 Å². The Morgan fingerprint density at radius 3 is 2.13 bits per heavy atom. The van der Waals surface area contributed by atoms with Crippen molar-refractivity contribution in [3.8, 4) is 0 Å². The fraction of sp³-hybridized carbons (Fsp3) is 0.125. The summed E-state index contributed by atoms with van der Waals surface area (Å²) < 4.78 is 38.2. The highest BCUT2D eigenvalue weighted by atomic mass is 19.1. The monoisotopic (exact) mass is 219 g/mol. The molecule has 0 amide bonds. The lowest BCUT2D eigenvalue weighted by Crippen LogP contribution is -2.17. The quantitative estimate of drug-likeness (QED) is 0.440. The molecular weight excluding hydrogens is 215 g/mol. The van der Waals surface area contributed by atoms with E-state index in [9.17, 15) is 28.1 Å². The highest BCUT2D eigenvalue weighted by Crippen LogP contribution is 2.15. The van der Waals surface area contributed by atoms with Gasteiger partial charge in [-0.2, -0.15) is 0 Å². The summed E-state index contributed by atoms with van der Waals surface area (Å²) in [6.07, 6.45) is 0. The number of hydrogen-bond acceptors (Lipinski definition) is 3. The highest BCUT2D eigenvalue weighted by molar-refractivity contribution is 5.97. The van der Waals surface area contributed by atoms with Crippen LogP contribution >= 0.6 is 0 Å². The van der Waals surface area contributed by atoms with Crippen LogP contribution in [0.15, 0.2) is 12.1 Å². The number of nitro groups is 1. The molecule has 0 saturated heterocycles. The maximum atomic E-state index is 12.9. The SMILES string of the molecule is O=C(C[N+](=O)[O-])c1c(F)cc(F)cc1F. The molecule has 0 aliphatic heterocycles.